The quantitative estimate of drug-likeness (QED) is 0.623. The lowest BCUT2D eigenvalue weighted by atomic mass is 10.1. The number of allylic oxidation sites excluding steroid dienone is 2. The van der Waals surface area contributed by atoms with Crippen LogP contribution in [-0.2, 0) is 0 Å². The Morgan fingerprint density at radius 3 is 2.75 bits per heavy atom. The van der Waals surface area contributed by atoms with Gasteiger partial charge in [0, 0.05) is 0 Å². The standard InChI is InChI=1S/C11H18O/c1-2-3-4-5-6-10-7-8-11(12)9-10/h7-9,11-12H,2-6H2,1H3. The molecule has 0 fully saturated rings. The smallest absolute Gasteiger partial charge is 0.0911 e. The highest BCUT2D eigenvalue weighted by Gasteiger charge is 2.04. The van der Waals surface area contributed by atoms with Crippen molar-refractivity contribution in [3.05, 3.63) is 23.8 Å². The fraction of sp³-hybridized carbons (Fsp3) is 0.636. The SMILES string of the molecule is CCCCCCC1=CC(O)C=C1. The summed E-state index contributed by atoms with van der Waals surface area (Å²) in [5.41, 5.74) is 1.30. The molecule has 0 amide bonds. The Hall–Kier alpha value is -0.560. The summed E-state index contributed by atoms with van der Waals surface area (Å²) in [7, 11) is 0. The molecule has 1 heteroatoms. The molecule has 0 bridgehead atoms. The summed E-state index contributed by atoms with van der Waals surface area (Å²) in [6.45, 7) is 2.22. The Morgan fingerprint density at radius 1 is 1.33 bits per heavy atom. The number of hydrogen-bond donors (Lipinski definition) is 1. The van der Waals surface area contributed by atoms with Crippen molar-refractivity contribution in [2.24, 2.45) is 0 Å². The second-order valence-electron chi connectivity index (χ2n) is 3.40. The van der Waals surface area contributed by atoms with Crippen LogP contribution in [0.5, 0.6) is 0 Å². The van der Waals surface area contributed by atoms with Gasteiger partial charge >= 0.3 is 0 Å². The zero-order valence-electron chi connectivity index (χ0n) is 7.79. The Bertz CT molecular complexity index is 179. The van der Waals surface area contributed by atoms with Crippen molar-refractivity contribution < 1.29 is 5.11 Å². The van der Waals surface area contributed by atoms with E-state index in [9.17, 15) is 0 Å². The average Bonchev–Trinajstić information content (AvgIpc) is 2.45. The zero-order valence-corrected chi connectivity index (χ0v) is 7.79. The van der Waals surface area contributed by atoms with Gasteiger partial charge in [-0.05, 0) is 24.5 Å². The second-order valence-corrected chi connectivity index (χ2v) is 3.40. The first-order valence-corrected chi connectivity index (χ1v) is 4.90. The topological polar surface area (TPSA) is 20.2 Å². The van der Waals surface area contributed by atoms with Crippen LogP contribution in [-0.4, -0.2) is 11.2 Å². The summed E-state index contributed by atoms with van der Waals surface area (Å²) in [6.07, 6.45) is 11.8. The normalized spacial score (nSPS) is 21.5. The molecule has 0 heterocycles. The van der Waals surface area contributed by atoms with E-state index in [0.717, 1.165) is 6.42 Å². The van der Waals surface area contributed by atoms with E-state index < -0.39 is 0 Å². The Morgan fingerprint density at radius 2 is 2.17 bits per heavy atom. The highest BCUT2D eigenvalue weighted by atomic mass is 16.3. The maximum Gasteiger partial charge on any atom is 0.0911 e. The van der Waals surface area contributed by atoms with Gasteiger partial charge in [-0.3, -0.25) is 0 Å². The summed E-state index contributed by atoms with van der Waals surface area (Å²) < 4.78 is 0. The van der Waals surface area contributed by atoms with Gasteiger partial charge in [0.1, 0.15) is 0 Å². The molecule has 0 aromatic rings. The minimum absolute atomic E-state index is 0.314. The largest absolute Gasteiger partial charge is 0.385 e. The van der Waals surface area contributed by atoms with Crippen LogP contribution < -0.4 is 0 Å². The van der Waals surface area contributed by atoms with E-state index in [1.54, 1.807) is 0 Å². The summed E-state index contributed by atoms with van der Waals surface area (Å²) in [4.78, 5) is 0. The van der Waals surface area contributed by atoms with Crippen molar-refractivity contribution in [2.75, 3.05) is 0 Å². The van der Waals surface area contributed by atoms with E-state index in [1.165, 1.54) is 31.3 Å². The third-order valence-corrected chi connectivity index (χ3v) is 2.21. The van der Waals surface area contributed by atoms with Gasteiger partial charge < -0.3 is 5.11 Å². The van der Waals surface area contributed by atoms with Crippen LogP contribution in [0.2, 0.25) is 0 Å². The van der Waals surface area contributed by atoms with Crippen molar-refractivity contribution in [1.29, 1.82) is 0 Å². The third-order valence-electron chi connectivity index (χ3n) is 2.21. The molecule has 12 heavy (non-hydrogen) atoms. The number of hydrogen-bond acceptors (Lipinski definition) is 1. The molecule has 0 aromatic carbocycles. The Kier molecular flexibility index (Phi) is 4.09. The zero-order chi connectivity index (χ0) is 8.81. The van der Waals surface area contributed by atoms with E-state index in [4.69, 9.17) is 5.11 Å². The lowest BCUT2D eigenvalue weighted by Crippen LogP contribution is -1.91. The predicted octanol–water partition coefficient (Wildman–Crippen LogP) is 2.81. The van der Waals surface area contributed by atoms with Crippen molar-refractivity contribution in [2.45, 2.75) is 45.1 Å². The van der Waals surface area contributed by atoms with Crippen LogP contribution in [0.4, 0.5) is 0 Å². The molecule has 1 nitrogen and oxygen atoms in total. The van der Waals surface area contributed by atoms with Crippen molar-refractivity contribution >= 4 is 0 Å². The molecular weight excluding hydrogens is 148 g/mol. The second kappa shape index (κ2) is 5.15. The lowest BCUT2D eigenvalue weighted by Gasteiger charge is -1.98. The van der Waals surface area contributed by atoms with Gasteiger partial charge in [-0.25, -0.2) is 0 Å². The van der Waals surface area contributed by atoms with Gasteiger partial charge in [0.05, 0.1) is 6.10 Å². The van der Waals surface area contributed by atoms with E-state index in [1.807, 2.05) is 18.2 Å². The highest BCUT2D eigenvalue weighted by Crippen LogP contribution is 2.16. The third kappa shape index (κ3) is 3.22. The molecule has 68 valence electrons. The number of aliphatic hydroxyl groups is 1. The van der Waals surface area contributed by atoms with Crippen LogP contribution >= 0.6 is 0 Å². The van der Waals surface area contributed by atoms with Crippen LogP contribution in [0, 0.1) is 0 Å². The van der Waals surface area contributed by atoms with Crippen molar-refractivity contribution in [1.82, 2.24) is 0 Å². The molecule has 0 saturated heterocycles. The predicted molar refractivity (Wildman–Crippen MR) is 52.0 cm³/mol. The molecule has 0 aromatic heterocycles. The van der Waals surface area contributed by atoms with Crippen LogP contribution in [0.1, 0.15) is 39.0 Å². The summed E-state index contributed by atoms with van der Waals surface area (Å²) >= 11 is 0. The van der Waals surface area contributed by atoms with E-state index in [0.29, 0.717) is 0 Å². The average molecular weight is 166 g/mol. The molecule has 1 rings (SSSR count). The van der Waals surface area contributed by atoms with E-state index >= 15 is 0 Å². The minimum atomic E-state index is -0.314. The monoisotopic (exact) mass is 166 g/mol. The number of aliphatic hydroxyl groups excluding tert-OH is 1. The van der Waals surface area contributed by atoms with Crippen molar-refractivity contribution in [3.63, 3.8) is 0 Å². The van der Waals surface area contributed by atoms with Gasteiger partial charge in [0.25, 0.3) is 0 Å². The van der Waals surface area contributed by atoms with Gasteiger partial charge in [0.2, 0.25) is 0 Å². The first-order chi connectivity index (χ1) is 5.83. The first-order valence-electron chi connectivity index (χ1n) is 4.90. The Labute approximate surface area is 74.8 Å². The summed E-state index contributed by atoms with van der Waals surface area (Å²) in [5, 5.41) is 9.14. The Balaban J connectivity index is 2.08. The number of rotatable bonds is 5. The molecule has 0 saturated carbocycles. The molecule has 0 radical (unpaired) electrons. The fourth-order valence-corrected chi connectivity index (χ4v) is 1.48. The molecule has 1 atom stereocenters. The molecule has 1 aliphatic rings. The molecule has 0 aliphatic heterocycles. The minimum Gasteiger partial charge on any atom is -0.385 e. The first kappa shape index (κ1) is 9.53. The molecule has 1 unspecified atom stereocenters. The van der Waals surface area contributed by atoms with E-state index in [-0.39, 0.29) is 6.10 Å². The molecule has 1 N–H and O–H groups in total. The van der Waals surface area contributed by atoms with Crippen LogP contribution in [0.25, 0.3) is 0 Å². The van der Waals surface area contributed by atoms with Gasteiger partial charge in [-0.1, -0.05) is 38.3 Å². The molecule has 0 spiro atoms. The van der Waals surface area contributed by atoms with Crippen molar-refractivity contribution in [3.8, 4) is 0 Å². The highest BCUT2D eigenvalue weighted by molar-refractivity contribution is 5.29. The number of unbranched alkanes of at least 4 members (excludes halogenated alkanes) is 3. The maximum absolute atomic E-state index is 9.14. The lowest BCUT2D eigenvalue weighted by molar-refractivity contribution is 0.273. The molecular formula is C11H18O. The summed E-state index contributed by atoms with van der Waals surface area (Å²) in [5.74, 6) is 0. The van der Waals surface area contributed by atoms with Gasteiger partial charge in [-0.15, -0.1) is 0 Å². The molecule has 1 aliphatic carbocycles. The van der Waals surface area contributed by atoms with E-state index in [2.05, 4.69) is 6.92 Å². The van der Waals surface area contributed by atoms with Crippen LogP contribution in [0.3, 0.4) is 0 Å². The fourth-order valence-electron chi connectivity index (χ4n) is 1.48. The van der Waals surface area contributed by atoms with Gasteiger partial charge in [0.15, 0.2) is 0 Å². The maximum atomic E-state index is 9.14. The van der Waals surface area contributed by atoms with Crippen LogP contribution in [0.15, 0.2) is 23.8 Å². The van der Waals surface area contributed by atoms with Gasteiger partial charge in [-0.2, -0.15) is 0 Å². The summed E-state index contributed by atoms with van der Waals surface area (Å²) in [6, 6.07) is 0.